The van der Waals surface area contributed by atoms with Gasteiger partial charge in [0.15, 0.2) is 5.76 Å². The van der Waals surface area contributed by atoms with E-state index >= 15 is 0 Å². The monoisotopic (exact) mass is 427 g/mol. The van der Waals surface area contributed by atoms with Crippen molar-refractivity contribution in [2.45, 2.75) is 39.4 Å². The first-order valence-corrected chi connectivity index (χ1v) is 10.2. The molecule has 0 fully saturated rings. The summed E-state index contributed by atoms with van der Waals surface area (Å²) in [5, 5.41) is 13.7. The first-order chi connectivity index (χ1) is 14.3. The van der Waals surface area contributed by atoms with E-state index in [-0.39, 0.29) is 24.8 Å². The molecule has 0 aliphatic carbocycles. The van der Waals surface area contributed by atoms with E-state index in [2.05, 4.69) is 19.2 Å². The molecule has 0 saturated carbocycles. The average molecular weight is 428 g/mol. The van der Waals surface area contributed by atoms with Crippen LogP contribution >= 0.6 is 11.6 Å². The van der Waals surface area contributed by atoms with Crippen LogP contribution in [0.5, 0.6) is 5.75 Å². The normalized spacial score (nSPS) is 12.1. The van der Waals surface area contributed by atoms with Gasteiger partial charge in [0, 0.05) is 11.6 Å². The van der Waals surface area contributed by atoms with Crippen LogP contribution in [0.1, 0.15) is 58.9 Å². The molecular formula is C24H26ClNO4. The molecular weight excluding hydrogens is 402 g/mol. The van der Waals surface area contributed by atoms with Crippen LogP contribution in [-0.2, 0) is 6.61 Å². The summed E-state index contributed by atoms with van der Waals surface area (Å²) in [6, 6.07) is 16.4. The minimum atomic E-state index is -0.791. The maximum absolute atomic E-state index is 12.3. The number of aliphatic hydroxyl groups is 1. The van der Waals surface area contributed by atoms with Gasteiger partial charge in [-0.05, 0) is 59.9 Å². The van der Waals surface area contributed by atoms with Crippen LogP contribution < -0.4 is 10.1 Å². The van der Waals surface area contributed by atoms with Gasteiger partial charge in [-0.25, -0.2) is 0 Å². The first-order valence-electron chi connectivity index (χ1n) is 9.87. The fraction of sp³-hybridized carbons (Fsp3) is 0.292. The standard InChI is InChI=1S/C24H26ClNO4/c1-15(2)17-4-6-18(7-5-17)22(27)13-26-24(28)23-11-9-20(30-23)14-29-19-8-10-21(25)16(3)12-19/h4-12,15,22,27H,13-14H2,1-3H3,(H,26,28). The summed E-state index contributed by atoms with van der Waals surface area (Å²) in [4.78, 5) is 12.3. The van der Waals surface area contributed by atoms with Crippen molar-refractivity contribution in [3.05, 3.63) is 87.8 Å². The van der Waals surface area contributed by atoms with Gasteiger partial charge in [0.25, 0.3) is 5.91 Å². The van der Waals surface area contributed by atoms with Crippen molar-refractivity contribution < 1.29 is 19.1 Å². The summed E-state index contributed by atoms with van der Waals surface area (Å²) in [6.07, 6.45) is -0.791. The number of carbonyl (C=O) groups is 1. The number of hydrogen-bond acceptors (Lipinski definition) is 4. The quantitative estimate of drug-likeness (QED) is 0.504. The summed E-state index contributed by atoms with van der Waals surface area (Å²) in [7, 11) is 0. The van der Waals surface area contributed by atoms with Crippen LogP contribution in [-0.4, -0.2) is 17.6 Å². The Kier molecular flexibility index (Phi) is 7.19. The average Bonchev–Trinajstić information content (AvgIpc) is 3.22. The van der Waals surface area contributed by atoms with Crippen LogP contribution in [0.4, 0.5) is 0 Å². The van der Waals surface area contributed by atoms with Crippen molar-refractivity contribution in [3.8, 4) is 5.75 Å². The number of aliphatic hydroxyl groups excluding tert-OH is 1. The van der Waals surface area contributed by atoms with Crippen LogP contribution in [0.25, 0.3) is 0 Å². The largest absolute Gasteiger partial charge is 0.486 e. The van der Waals surface area contributed by atoms with Crippen molar-refractivity contribution in [1.29, 1.82) is 0 Å². The number of carbonyl (C=O) groups excluding carboxylic acids is 1. The third-order valence-corrected chi connectivity index (χ3v) is 5.26. The number of benzene rings is 2. The van der Waals surface area contributed by atoms with E-state index in [0.29, 0.717) is 22.5 Å². The molecule has 30 heavy (non-hydrogen) atoms. The topological polar surface area (TPSA) is 71.7 Å². The van der Waals surface area contributed by atoms with E-state index in [1.165, 1.54) is 5.56 Å². The van der Waals surface area contributed by atoms with E-state index in [1.807, 2.05) is 37.3 Å². The number of rotatable bonds is 8. The molecule has 1 amide bonds. The number of aryl methyl sites for hydroxylation is 1. The predicted molar refractivity (Wildman–Crippen MR) is 117 cm³/mol. The molecule has 2 aromatic carbocycles. The zero-order chi connectivity index (χ0) is 21.7. The van der Waals surface area contributed by atoms with Crippen molar-refractivity contribution >= 4 is 17.5 Å². The van der Waals surface area contributed by atoms with Gasteiger partial charge in [-0.2, -0.15) is 0 Å². The smallest absolute Gasteiger partial charge is 0.287 e. The minimum absolute atomic E-state index is 0.0937. The second-order valence-electron chi connectivity index (χ2n) is 7.51. The second kappa shape index (κ2) is 9.83. The molecule has 1 aromatic heterocycles. The number of amides is 1. The van der Waals surface area contributed by atoms with Gasteiger partial charge in [-0.15, -0.1) is 0 Å². The highest BCUT2D eigenvalue weighted by atomic mass is 35.5. The Bertz CT molecular complexity index is 995. The Morgan fingerprint density at radius 2 is 1.80 bits per heavy atom. The molecule has 3 aromatic rings. The lowest BCUT2D eigenvalue weighted by molar-refractivity contribution is 0.0885. The molecule has 3 rings (SSSR count). The molecule has 0 spiro atoms. The molecule has 0 aliphatic rings. The highest BCUT2D eigenvalue weighted by Crippen LogP contribution is 2.22. The molecule has 2 N–H and O–H groups in total. The predicted octanol–water partition coefficient (Wildman–Crippen LogP) is 5.41. The Labute approximate surface area is 181 Å². The lowest BCUT2D eigenvalue weighted by Crippen LogP contribution is -2.28. The molecule has 1 atom stereocenters. The lowest BCUT2D eigenvalue weighted by atomic mass is 10.00. The summed E-state index contributed by atoms with van der Waals surface area (Å²) in [5.41, 5.74) is 2.88. The zero-order valence-corrected chi connectivity index (χ0v) is 18.1. The maximum atomic E-state index is 12.3. The van der Waals surface area contributed by atoms with E-state index in [9.17, 15) is 9.90 Å². The lowest BCUT2D eigenvalue weighted by Gasteiger charge is -2.13. The Morgan fingerprint density at radius 3 is 2.47 bits per heavy atom. The summed E-state index contributed by atoms with van der Waals surface area (Å²) in [5.74, 6) is 1.41. The van der Waals surface area contributed by atoms with E-state index < -0.39 is 6.10 Å². The highest BCUT2D eigenvalue weighted by Gasteiger charge is 2.15. The number of furan rings is 1. The van der Waals surface area contributed by atoms with Gasteiger partial charge >= 0.3 is 0 Å². The van der Waals surface area contributed by atoms with Gasteiger partial charge < -0.3 is 19.6 Å². The number of ether oxygens (including phenoxy) is 1. The van der Waals surface area contributed by atoms with Gasteiger partial charge in [0.1, 0.15) is 18.1 Å². The SMILES string of the molecule is Cc1cc(OCc2ccc(C(=O)NCC(O)c3ccc(C(C)C)cc3)o2)ccc1Cl. The summed E-state index contributed by atoms with van der Waals surface area (Å²) < 4.78 is 11.2. The maximum Gasteiger partial charge on any atom is 0.287 e. The second-order valence-corrected chi connectivity index (χ2v) is 7.92. The van der Waals surface area contributed by atoms with Crippen LogP contribution in [0.15, 0.2) is 59.0 Å². The van der Waals surface area contributed by atoms with Crippen LogP contribution in [0, 0.1) is 6.92 Å². The molecule has 1 unspecified atom stereocenters. The van der Waals surface area contributed by atoms with Crippen molar-refractivity contribution in [3.63, 3.8) is 0 Å². The molecule has 0 radical (unpaired) electrons. The van der Waals surface area contributed by atoms with Gasteiger partial charge in [0.05, 0.1) is 6.10 Å². The molecule has 5 nitrogen and oxygen atoms in total. The molecule has 0 saturated heterocycles. The first kappa shape index (κ1) is 21.9. The molecule has 0 aliphatic heterocycles. The molecule has 1 heterocycles. The van der Waals surface area contributed by atoms with Crippen LogP contribution in [0.3, 0.4) is 0 Å². The van der Waals surface area contributed by atoms with E-state index in [1.54, 1.807) is 24.3 Å². The third-order valence-electron chi connectivity index (χ3n) is 4.84. The van der Waals surface area contributed by atoms with Gasteiger partial charge in [-0.1, -0.05) is 49.7 Å². The van der Waals surface area contributed by atoms with E-state index in [0.717, 1.165) is 11.1 Å². The van der Waals surface area contributed by atoms with E-state index in [4.69, 9.17) is 20.8 Å². The minimum Gasteiger partial charge on any atom is -0.486 e. The number of halogens is 1. The number of hydrogen-bond donors (Lipinski definition) is 2. The third kappa shape index (κ3) is 5.65. The van der Waals surface area contributed by atoms with Crippen LogP contribution in [0.2, 0.25) is 5.02 Å². The van der Waals surface area contributed by atoms with Crippen molar-refractivity contribution in [1.82, 2.24) is 5.32 Å². The summed E-state index contributed by atoms with van der Waals surface area (Å²) >= 11 is 6.01. The molecule has 158 valence electrons. The molecule has 0 bridgehead atoms. The van der Waals surface area contributed by atoms with Gasteiger partial charge in [-0.3, -0.25) is 4.79 Å². The highest BCUT2D eigenvalue weighted by molar-refractivity contribution is 6.31. The fourth-order valence-electron chi connectivity index (χ4n) is 2.94. The Balaban J connectivity index is 1.51. The van der Waals surface area contributed by atoms with Crippen molar-refractivity contribution in [2.24, 2.45) is 0 Å². The zero-order valence-electron chi connectivity index (χ0n) is 17.3. The Hall–Kier alpha value is -2.76. The summed E-state index contributed by atoms with van der Waals surface area (Å²) in [6.45, 7) is 6.42. The molecule has 6 heteroatoms. The number of nitrogens with one attached hydrogen (secondary N) is 1. The van der Waals surface area contributed by atoms with Gasteiger partial charge in [0.2, 0.25) is 0 Å². The fourth-order valence-corrected chi connectivity index (χ4v) is 3.05. The van der Waals surface area contributed by atoms with Crippen molar-refractivity contribution in [2.75, 3.05) is 6.54 Å². The Morgan fingerprint density at radius 1 is 1.10 bits per heavy atom.